The molecule has 0 aliphatic carbocycles. The number of hydrogen-bond donors (Lipinski definition) is 0. The summed E-state index contributed by atoms with van der Waals surface area (Å²) < 4.78 is 6.79. The average Bonchev–Trinajstić information content (AvgIpc) is 3.00. The smallest absolute Gasteiger partial charge is 0.328 e. The predicted octanol–water partition coefficient (Wildman–Crippen LogP) is 4.19. The molecule has 3 rings (SSSR count). The Balaban J connectivity index is 1.88. The number of rotatable bonds is 7. The molecule has 8 nitrogen and oxygen atoms in total. The van der Waals surface area contributed by atoms with Crippen molar-refractivity contribution in [2.24, 2.45) is 0 Å². The van der Waals surface area contributed by atoms with Gasteiger partial charge >= 0.3 is 11.7 Å². The molecule has 0 fully saturated rings. The van der Waals surface area contributed by atoms with Crippen LogP contribution in [0.15, 0.2) is 48.5 Å². The lowest BCUT2D eigenvalue weighted by Gasteiger charge is -2.18. The van der Waals surface area contributed by atoms with Gasteiger partial charge in [0.25, 0.3) is 0 Å². The molecule has 0 amide bonds. The van der Waals surface area contributed by atoms with Crippen LogP contribution < -0.4 is 0 Å². The van der Waals surface area contributed by atoms with Crippen molar-refractivity contribution >= 4 is 17.4 Å². The summed E-state index contributed by atoms with van der Waals surface area (Å²) in [6.07, 6.45) is -1.14. The molecule has 31 heavy (non-hydrogen) atoms. The topological polar surface area (TPSA) is 104 Å². The molecule has 0 aliphatic heterocycles. The molecule has 3 aromatic rings. The van der Waals surface area contributed by atoms with Gasteiger partial charge in [-0.05, 0) is 27.7 Å². The van der Waals surface area contributed by atoms with E-state index in [-0.39, 0.29) is 29.4 Å². The highest BCUT2D eigenvalue weighted by atomic mass is 16.6. The molecule has 0 saturated heterocycles. The second-order valence-electron chi connectivity index (χ2n) is 7.45. The van der Waals surface area contributed by atoms with E-state index in [1.807, 2.05) is 38.1 Å². The molecule has 160 valence electrons. The van der Waals surface area contributed by atoms with Crippen LogP contribution in [0.2, 0.25) is 0 Å². The van der Waals surface area contributed by atoms with Crippen molar-refractivity contribution in [1.82, 2.24) is 9.78 Å². The van der Waals surface area contributed by atoms with E-state index in [1.165, 1.54) is 18.5 Å². The lowest BCUT2D eigenvalue weighted by molar-refractivity contribution is -0.386. The normalized spacial score (nSPS) is 11.7. The third-order valence-corrected chi connectivity index (χ3v) is 5.01. The third-order valence-electron chi connectivity index (χ3n) is 5.01. The Morgan fingerprint density at radius 3 is 2.06 bits per heavy atom. The van der Waals surface area contributed by atoms with Crippen LogP contribution in [-0.2, 0) is 16.1 Å². The zero-order chi connectivity index (χ0) is 22.7. The minimum absolute atomic E-state index is 0.140. The van der Waals surface area contributed by atoms with E-state index in [0.717, 1.165) is 11.1 Å². The van der Waals surface area contributed by atoms with Crippen molar-refractivity contribution in [2.45, 2.75) is 40.3 Å². The van der Waals surface area contributed by atoms with Crippen LogP contribution in [-0.4, -0.2) is 26.5 Å². The third kappa shape index (κ3) is 4.85. The molecule has 0 unspecified atom stereocenters. The number of nitrogens with zero attached hydrogens (tertiary/aromatic N) is 3. The van der Waals surface area contributed by atoms with Crippen molar-refractivity contribution in [3.63, 3.8) is 0 Å². The largest absolute Gasteiger partial charge is 0.448 e. The van der Waals surface area contributed by atoms with Gasteiger partial charge < -0.3 is 4.74 Å². The van der Waals surface area contributed by atoms with Crippen LogP contribution in [0, 0.1) is 37.8 Å². The number of aromatic nitrogens is 2. The number of ketones is 1. The minimum Gasteiger partial charge on any atom is -0.448 e. The highest BCUT2D eigenvalue weighted by Crippen LogP contribution is 2.25. The van der Waals surface area contributed by atoms with Crippen LogP contribution in [0.4, 0.5) is 5.69 Å². The Hall–Kier alpha value is -3.81. The molecule has 0 radical (unpaired) electrons. The Kier molecular flexibility index (Phi) is 6.29. The lowest BCUT2D eigenvalue weighted by Crippen LogP contribution is -2.23. The molecule has 1 aromatic heterocycles. The van der Waals surface area contributed by atoms with Crippen molar-refractivity contribution in [1.29, 1.82) is 0 Å². The molecular formula is C23H23N3O5. The number of nitro groups is 1. The maximum absolute atomic E-state index is 13.2. The molecule has 0 spiro atoms. The summed E-state index contributed by atoms with van der Waals surface area (Å²) in [4.78, 5) is 36.5. The van der Waals surface area contributed by atoms with Gasteiger partial charge in [0.05, 0.1) is 4.92 Å². The number of carbonyl (C=O) groups excluding carboxylic acids is 2. The minimum atomic E-state index is -1.14. The zero-order valence-corrected chi connectivity index (χ0v) is 17.8. The van der Waals surface area contributed by atoms with Gasteiger partial charge in [-0.25, -0.2) is 0 Å². The van der Waals surface area contributed by atoms with Gasteiger partial charge in [0.15, 0.2) is 6.10 Å². The van der Waals surface area contributed by atoms with Crippen LogP contribution >= 0.6 is 0 Å². The van der Waals surface area contributed by atoms with Crippen LogP contribution in [0.3, 0.4) is 0 Å². The monoisotopic (exact) mass is 421 g/mol. The second kappa shape index (κ2) is 8.91. The first-order valence-electron chi connectivity index (χ1n) is 9.72. The number of benzene rings is 2. The van der Waals surface area contributed by atoms with E-state index in [4.69, 9.17) is 4.74 Å². The van der Waals surface area contributed by atoms with Gasteiger partial charge in [0, 0.05) is 11.1 Å². The van der Waals surface area contributed by atoms with Crippen LogP contribution in [0.1, 0.15) is 44.5 Å². The van der Waals surface area contributed by atoms with Gasteiger partial charge in [-0.2, -0.15) is 5.10 Å². The lowest BCUT2D eigenvalue weighted by atomic mass is 9.98. The number of hydrogen-bond acceptors (Lipinski definition) is 6. The summed E-state index contributed by atoms with van der Waals surface area (Å²) in [5.41, 5.74) is 3.30. The van der Waals surface area contributed by atoms with Crippen molar-refractivity contribution in [3.8, 4) is 0 Å². The molecule has 0 aliphatic rings. The molecule has 2 aromatic carbocycles. The Bertz CT molecular complexity index is 1130. The first-order valence-corrected chi connectivity index (χ1v) is 9.72. The first kappa shape index (κ1) is 21.9. The fourth-order valence-electron chi connectivity index (χ4n) is 3.28. The summed E-state index contributed by atoms with van der Waals surface area (Å²) >= 11 is 0. The van der Waals surface area contributed by atoms with Gasteiger partial charge in [-0.3, -0.25) is 24.4 Å². The van der Waals surface area contributed by atoms with Gasteiger partial charge in [-0.15, -0.1) is 0 Å². The zero-order valence-electron chi connectivity index (χ0n) is 17.8. The standard InChI is InChI=1S/C23H23N3O5/c1-14-5-9-18(10-6-14)22(28)23(19-11-7-15(2)8-12-19)31-20(27)13-25-17(4)21(26(29)30)16(3)24-25/h5-12,23H,13H2,1-4H3/t23-/m0/s1. The second-order valence-corrected chi connectivity index (χ2v) is 7.45. The van der Waals surface area contributed by atoms with Crippen LogP contribution in [0.5, 0.6) is 0 Å². The number of Topliss-reactive ketones (excluding diaryl/α,β-unsaturated/α-hetero) is 1. The van der Waals surface area contributed by atoms with E-state index in [9.17, 15) is 19.7 Å². The molecule has 1 heterocycles. The number of carbonyl (C=O) groups is 2. The molecule has 0 bridgehead atoms. The van der Waals surface area contributed by atoms with Gasteiger partial charge in [0.2, 0.25) is 5.78 Å². The molecule has 0 N–H and O–H groups in total. The van der Waals surface area contributed by atoms with Crippen molar-refractivity contribution in [2.75, 3.05) is 0 Å². The van der Waals surface area contributed by atoms with E-state index in [2.05, 4.69) is 5.10 Å². The number of ether oxygens (including phenoxy) is 1. The predicted molar refractivity (Wildman–Crippen MR) is 114 cm³/mol. The Morgan fingerprint density at radius 2 is 1.55 bits per heavy atom. The van der Waals surface area contributed by atoms with Crippen LogP contribution in [0.25, 0.3) is 0 Å². The van der Waals surface area contributed by atoms with E-state index in [1.54, 1.807) is 24.3 Å². The Morgan fingerprint density at radius 1 is 1.00 bits per heavy atom. The van der Waals surface area contributed by atoms with E-state index in [0.29, 0.717) is 11.1 Å². The molecule has 1 atom stereocenters. The average molecular weight is 421 g/mol. The number of esters is 1. The molecule has 8 heteroatoms. The molecular weight excluding hydrogens is 398 g/mol. The van der Waals surface area contributed by atoms with E-state index >= 15 is 0 Å². The SMILES string of the molecule is Cc1ccc(C(=O)[C@@H](OC(=O)Cn2nc(C)c([N+](=O)[O-])c2C)c2ccc(C)cc2)cc1. The first-order chi connectivity index (χ1) is 14.7. The van der Waals surface area contributed by atoms with E-state index < -0.39 is 17.0 Å². The highest BCUT2D eigenvalue weighted by Gasteiger charge is 2.28. The summed E-state index contributed by atoms with van der Waals surface area (Å²) in [5.74, 6) is -1.07. The molecule has 0 saturated carbocycles. The Labute approximate surface area is 179 Å². The van der Waals surface area contributed by atoms with Gasteiger partial charge in [-0.1, -0.05) is 59.7 Å². The fourth-order valence-corrected chi connectivity index (χ4v) is 3.28. The maximum Gasteiger partial charge on any atom is 0.328 e. The summed E-state index contributed by atoms with van der Waals surface area (Å²) in [6.45, 7) is 6.51. The number of aryl methyl sites for hydroxylation is 3. The summed E-state index contributed by atoms with van der Waals surface area (Å²) in [7, 11) is 0. The quantitative estimate of drug-likeness (QED) is 0.245. The van der Waals surface area contributed by atoms with Crippen molar-refractivity contribution in [3.05, 3.63) is 92.3 Å². The fraction of sp³-hybridized carbons (Fsp3) is 0.261. The maximum atomic E-state index is 13.2. The van der Waals surface area contributed by atoms with Gasteiger partial charge in [0.1, 0.15) is 17.9 Å². The summed E-state index contributed by atoms with van der Waals surface area (Å²) in [6, 6.07) is 14.2. The summed E-state index contributed by atoms with van der Waals surface area (Å²) in [5, 5.41) is 15.3. The highest BCUT2D eigenvalue weighted by molar-refractivity contribution is 6.01. The van der Waals surface area contributed by atoms with Crippen molar-refractivity contribution < 1.29 is 19.2 Å².